The molecule has 0 bridgehead atoms. The second kappa shape index (κ2) is 8.53. The molecule has 0 atom stereocenters. The molecule has 0 radical (unpaired) electrons. The predicted molar refractivity (Wildman–Crippen MR) is 100 cm³/mol. The predicted octanol–water partition coefficient (Wildman–Crippen LogP) is 2.64. The molecule has 6 nitrogen and oxygen atoms in total. The van der Waals surface area contributed by atoms with E-state index in [9.17, 15) is 14.0 Å². The highest BCUT2D eigenvalue weighted by Crippen LogP contribution is 2.22. The minimum absolute atomic E-state index is 0.150. The van der Waals surface area contributed by atoms with Crippen molar-refractivity contribution in [1.29, 1.82) is 0 Å². The Balaban J connectivity index is 1.57. The van der Waals surface area contributed by atoms with Crippen LogP contribution >= 0.6 is 0 Å². The number of rotatable bonds is 4. The zero-order chi connectivity index (χ0) is 19.2. The van der Waals surface area contributed by atoms with Gasteiger partial charge in [0.15, 0.2) is 0 Å². The van der Waals surface area contributed by atoms with E-state index >= 15 is 0 Å². The highest BCUT2D eigenvalue weighted by atomic mass is 19.1. The normalized spacial score (nSPS) is 14.0. The third kappa shape index (κ3) is 4.36. The first kappa shape index (κ1) is 18.7. The van der Waals surface area contributed by atoms with Crippen molar-refractivity contribution in [2.75, 3.05) is 38.2 Å². The summed E-state index contributed by atoms with van der Waals surface area (Å²) in [4.78, 5) is 28.0. The zero-order valence-corrected chi connectivity index (χ0v) is 15.2. The van der Waals surface area contributed by atoms with Crippen LogP contribution in [-0.2, 0) is 11.3 Å². The van der Waals surface area contributed by atoms with E-state index < -0.39 is 0 Å². The molecule has 7 heteroatoms. The Morgan fingerprint density at radius 1 is 1.04 bits per heavy atom. The number of anilines is 1. The number of hydrogen-bond donors (Lipinski definition) is 1. The molecule has 1 saturated heterocycles. The number of piperazine rings is 1. The van der Waals surface area contributed by atoms with Crippen LogP contribution in [0, 0.1) is 5.82 Å². The molecule has 0 aromatic heterocycles. The summed E-state index contributed by atoms with van der Waals surface area (Å²) in [6.45, 7) is 2.37. The number of ether oxygens (including phenoxy) is 1. The fourth-order valence-electron chi connectivity index (χ4n) is 3.11. The molecular weight excluding hydrogens is 349 g/mol. The molecule has 0 unspecified atom stereocenters. The molecule has 1 N–H and O–H groups in total. The number of para-hydroxylation sites is 1. The van der Waals surface area contributed by atoms with E-state index in [4.69, 9.17) is 4.74 Å². The molecule has 0 aliphatic carbocycles. The molecule has 2 aromatic rings. The summed E-state index contributed by atoms with van der Waals surface area (Å²) in [6.07, 6.45) is 0. The Morgan fingerprint density at radius 2 is 1.70 bits per heavy atom. The number of methoxy groups -OCH3 is 1. The SMILES string of the molecule is COC(=O)c1ccccc1N1CCN(C(=O)NCc2ccccc2F)CC1. The lowest BCUT2D eigenvalue weighted by Gasteiger charge is -2.36. The Bertz CT molecular complexity index is 820. The van der Waals surface area contributed by atoms with Gasteiger partial charge >= 0.3 is 12.0 Å². The van der Waals surface area contributed by atoms with Crippen molar-refractivity contribution in [2.45, 2.75) is 6.54 Å². The van der Waals surface area contributed by atoms with Gasteiger partial charge in [0.05, 0.1) is 18.4 Å². The molecule has 1 aliphatic rings. The third-order valence-electron chi connectivity index (χ3n) is 4.60. The van der Waals surface area contributed by atoms with Crippen LogP contribution in [0.3, 0.4) is 0 Å². The molecule has 3 rings (SSSR count). The molecule has 2 amide bonds. The number of esters is 1. The summed E-state index contributed by atoms with van der Waals surface area (Å²) in [7, 11) is 1.36. The average molecular weight is 371 g/mol. The van der Waals surface area contributed by atoms with Gasteiger partial charge in [0.2, 0.25) is 0 Å². The second-order valence-electron chi connectivity index (χ2n) is 6.23. The van der Waals surface area contributed by atoms with E-state index in [1.165, 1.54) is 13.2 Å². The second-order valence-corrected chi connectivity index (χ2v) is 6.23. The molecule has 1 aliphatic heterocycles. The minimum atomic E-state index is -0.379. The van der Waals surface area contributed by atoms with Crippen molar-refractivity contribution in [3.63, 3.8) is 0 Å². The first-order chi connectivity index (χ1) is 13.1. The monoisotopic (exact) mass is 371 g/mol. The highest BCUT2D eigenvalue weighted by Gasteiger charge is 2.24. The number of nitrogens with zero attached hydrogens (tertiary/aromatic N) is 2. The van der Waals surface area contributed by atoms with Crippen molar-refractivity contribution < 1.29 is 18.7 Å². The van der Waals surface area contributed by atoms with Crippen molar-refractivity contribution in [1.82, 2.24) is 10.2 Å². The molecule has 0 saturated carbocycles. The standard InChI is InChI=1S/C20H22FN3O3/c1-27-19(25)16-7-3-5-9-18(16)23-10-12-24(13-11-23)20(26)22-14-15-6-2-4-8-17(15)21/h2-9H,10-14H2,1H3,(H,22,26). The van der Waals surface area contributed by atoms with Gasteiger partial charge in [0.1, 0.15) is 5.82 Å². The molecular formula is C20H22FN3O3. The van der Waals surface area contributed by atoms with Crippen LogP contribution in [0.1, 0.15) is 15.9 Å². The lowest BCUT2D eigenvalue weighted by molar-refractivity contribution is 0.0601. The number of carbonyl (C=O) groups excluding carboxylic acids is 2. The first-order valence-electron chi connectivity index (χ1n) is 8.78. The third-order valence-corrected chi connectivity index (χ3v) is 4.60. The highest BCUT2D eigenvalue weighted by molar-refractivity contribution is 5.95. The number of nitrogens with one attached hydrogen (secondary N) is 1. The lowest BCUT2D eigenvalue weighted by Crippen LogP contribution is -2.52. The minimum Gasteiger partial charge on any atom is -0.465 e. The van der Waals surface area contributed by atoms with Crippen LogP contribution in [0.2, 0.25) is 0 Å². The smallest absolute Gasteiger partial charge is 0.339 e. The molecule has 0 spiro atoms. The number of benzene rings is 2. The Morgan fingerprint density at radius 3 is 2.41 bits per heavy atom. The Hall–Kier alpha value is -3.09. The van der Waals surface area contributed by atoms with Gasteiger partial charge in [-0.05, 0) is 18.2 Å². The van der Waals surface area contributed by atoms with Crippen molar-refractivity contribution >= 4 is 17.7 Å². The van der Waals surface area contributed by atoms with E-state index in [1.807, 2.05) is 12.1 Å². The van der Waals surface area contributed by atoms with Gasteiger partial charge in [0, 0.05) is 38.3 Å². The summed E-state index contributed by atoms with van der Waals surface area (Å²) in [5.41, 5.74) is 1.77. The Labute approximate surface area is 157 Å². The van der Waals surface area contributed by atoms with Gasteiger partial charge in [-0.3, -0.25) is 0 Å². The van der Waals surface area contributed by atoms with E-state index in [0.29, 0.717) is 37.3 Å². The maximum absolute atomic E-state index is 13.6. The molecule has 27 heavy (non-hydrogen) atoms. The molecule has 2 aromatic carbocycles. The van der Waals surface area contributed by atoms with Crippen LogP contribution in [0.4, 0.5) is 14.9 Å². The first-order valence-corrected chi connectivity index (χ1v) is 8.78. The van der Waals surface area contributed by atoms with Gasteiger partial charge in [-0.2, -0.15) is 0 Å². The van der Waals surface area contributed by atoms with Gasteiger partial charge < -0.3 is 19.9 Å². The summed E-state index contributed by atoms with van der Waals surface area (Å²) in [5.74, 6) is -0.710. The van der Waals surface area contributed by atoms with Crippen molar-refractivity contribution in [3.8, 4) is 0 Å². The number of halogens is 1. The van der Waals surface area contributed by atoms with Crippen LogP contribution in [0.25, 0.3) is 0 Å². The fraction of sp³-hybridized carbons (Fsp3) is 0.300. The van der Waals surface area contributed by atoms with Gasteiger partial charge in [-0.1, -0.05) is 30.3 Å². The van der Waals surface area contributed by atoms with Crippen molar-refractivity contribution in [3.05, 3.63) is 65.5 Å². The van der Waals surface area contributed by atoms with E-state index in [-0.39, 0.29) is 24.4 Å². The van der Waals surface area contributed by atoms with Crippen molar-refractivity contribution in [2.24, 2.45) is 0 Å². The Kier molecular flexibility index (Phi) is 5.90. The number of urea groups is 1. The summed E-state index contributed by atoms with van der Waals surface area (Å²) < 4.78 is 18.5. The zero-order valence-electron chi connectivity index (χ0n) is 15.2. The number of amides is 2. The largest absolute Gasteiger partial charge is 0.465 e. The summed E-state index contributed by atoms with van der Waals surface area (Å²) in [5, 5.41) is 2.76. The maximum atomic E-state index is 13.6. The quantitative estimate of drug-likeness (QED) is 0.840. The number of hydrogen-bond acceptors (Lipinski definition) is 4. The maximum Gasteiger partial charge on any atom is 0.339 e. The van der Waals surface area contributed by atoms with Crippen LogP contribution in [0.5, 0.6) is 0 Å². The van der Waals surface area contributed by atoms with Crippen LogP contribution < -0.4 is 10.2 Å². The van der Waals surface area contributed by atoms with Gasteiger partial charge in [-0.25, -0.2) is 14.0 Å². The van der Waals surface area contributed by atoms with E-state index in [2.05, 4.69) is 10.2 Å². The van der Waals surface area contributed by atoms with Crippen LogP contribution in [0.15, 0.2) is 48.5 Å². The van der Waals surface area contributed by atoms with Crippen LogP contribution in [-0.4, -0.2) is 50.2 Å². The molecule has 1 heterocycles. The van der Waals surface area contributed by atoms with E-state index in [0.717, 1.165) is 5.69 Å². The molecule has 142 valence electrons. The van der Waals surface area contributed by atoms with E-state index in [1.54, 1.807) is 35.2 Å². The van der Waals surface area contributed by atoms with Gasteiger partial charge in [-0.15, -0.1) is 0 Å². The van der Waals surface area contributed by atoms with Gasteiger partial charge in [0.25, 0.3) is 0 Å². The lowest BCUT2D eigenvalue weighted by atomic mass is 10.1. The fourth-order valence-corrected chi connectivity index (χ4v) is 3.11. The molecule has 1 fully saturated rings. The number of carbonyl (C=O) groups is 2. The average Bonchev–Trinajstić information content (AvgIpc) is 2.72. The summed E-state index contributed by atoms with van der Waals surface area (Å²) in [6, 6.07) is 13.4. The topological polar surface area (TPSA) is 61.9 Å². The summed E-state index contributed by atoms with van der Waals surface area (Å²) >= 11 is 0.